The van der Waals surface area contributed by atoms with Crippen molar-refractivity contribution >= 4 is 0 Å². The lowest BCUT2D eigenvalue weighted by Crippen LogP contribution is -2.47. The number of rotatable bonds is 4. The zero-order chi connectivity index (χ0) is 13.8. The van der Waals surface area contributed by atoms with Crippen LogP contribution in [0.4, 0.5) is 0 Å². The second-order valence-corrected chi connectivity index (χ2v) is 7.34. The Kier molecular flexibility index (Phi) is 5.36. The standard InChI is InChI=1S/C17H32N2O/c20-17-7-6-14(12-17)13-18-15-8-10-19(11-9-15)16-4-2-1-3-5-16/h14-18,20H,1-13H2/t14-,17-/m1/s1. The van der Waals surface area contributed by atoms with E-state index in [0.29, 0.717) is 0 Å². The molecule has 0 aromatic rings. The largest absolute Gasteiger partial charge is 0.393 e. The second-order valence-electron chi connectivity index (χ2n) is 7.34. The number of aliphatic hydroxyl groups is 1. The van der Waals surface area contributed by atoms with Crippen molar-refractivity contribution in [3.8, 4) is 0 Å². The van der Waals surface area contributed by atoms with Crippen LogP contribution in [0.15, 0.2) is 0 Å². The van der Waals surface area contributed by atoms with Gasteiger partial charge >= 0.3 is 0 Å². The van der Waals surface area contributed by atoms with Crippen molar-refractivity contribution in [2.24, 2.45) is 5.92 Å². The van der Waals surface area contributed by atoms with E-state index in [-0.39, 0.29) is 6.10 Å². The number of likely N-dealkylation sites (tertiary alicyclic amines) is 1. The highest BCUT2D eigenvalue weighted by Crippen LogP contribution is 2.27. The van der Waals surface area contributed by atoms with Crippen molar-refractivity contribution in [3.63, 3.8) is 0 Å². The molecule has 3 heteroatoms. The highest BCUT2D eigenvalue weighted by atomic mass is 16.3. The molecule has 0 bridgehead atoms. The molecule has 0 amide bonds. The predicted octanol–water partition coefficient (Wildman–Crippen LogP) is 2.53. The molecule has 0 spiro atoms. The van der Waals surface area contributed by atoms with Crippen LogP contribution in [0.25, 0.3) is 0 Å². The summed E-state index contributed by atoms with van der Waals surface area (Å²) in [4.78, 5) is 2.76. The highest BCUT2D eigenvalue weighted by molar-refractivity contribution is 4.84. The van der Waals surface area contributed by atoms with Gasteiger partial charge in [-0.3, -0.25) is 0 Å². The first kappa shape index (κ1) is 14.8. The predicted molar refractivity (Wildman–Crippen MR) is 82.8 cm³/mol. The number of hydrogen-bond acceptors (Lipinski definition) is 3. The molecule has 3 nitrogen and oxygen atoms in total. The van der Waals surface area contributed by atoms with E-state index >= 15 is 0 Å². The third kappa shape index (κ3) is 3.96. The molecule has 3 fully saturated rings. The minimum absolute atomic E-state index is 0.0186. The van der Waals surface area contributed by atoms with E-state index in [2.05, 4.69) is 10.2 Å². The van der Waals surface area contributed by atoms with E-state index < -0.39 is 0 Å². The molecule has 0 radical (unpaired) electrons. The molecular weight excluding hydrogens is 248 g/mol. The van der Waals surface area contributed by atoms with Gasteiger partial charge in [-0.1, -0.05) is 19.3 Å². The van der Waals surface area contributed by atoms with E-state index in [1.807, 2.05) is 0 Å². The molecule has 0 aromatic heterocycles. The Labute approximate surface area is 124 Å². The number of hydrogen-bond donors (Lipinski definition) is 2. The fraction of sp³-hybridized carbons (Fsp3) is 1.00. The Balaban J connectivity index is 1.33. The van der Waals surface area contributed by atoms with Crippen molar-refractivity contribution in [1.29, 1.82) is 0 Å². The van der Waals surface area contributed by atoms with Gasteiger partial charge in [0, 0.05) is 12.1 Å². The lowest BCUT2D eigenvalue weighted by molar-refractivity contribution is 0.114. The summed E-state index contributed by atoms with van der Waals surface area (Å²) in [6.45, 7) is 3.73. The molecule has 0 unspecified atom stereocenters. The molecule has 116 valence electrons. The van der Waals surface area contributed by atoms with E-state index in [4.69, 9.17) is 0 Å². The summed E-state index contributed by atoms with van der Waals surface area (Å²) in [7, 11) is 0. The monoisotopic (exact) mass is 280 g/mol. The number of piperidine rings is 1. The zero-order valence-electron chi connectivity index (χ0n) is 12.9. The average Bonchev–Trinajstić information content (AvgIpc) is 2.92. The van der Waals surface area contributed by atoms with Crippen LogP contribution < -0.4 is 5.32 Å². The quantitative estimate of drug-likeness (QED) is 0.831. The SMILES string of the molecule is O[C@@H]1CC[C@@H](CNC2CCN(C3CCCCC3)CC2)C1. The third-order valence-electron chi connectivity index (χ3n) is 5.83. The first-order chi connectivity index (χ1) is 9.81. The first-order valence-electron chi connectivity index (χ1n) is 8.97. The van der Waals surface area contributed by atoms with Crippen LogP contribution in [0.1, 0.15) is 64.2 Å². The van der Waals surface area contributed by atoms with Gasteiger partial charge in [0.05, 0.1) is 6.10 Å². The molecule has 1 heterocycles. The Bertz CT molecular complexity index is 283. The van der Waals surface area contributed by atoms with Gasteiger partial charge < -0.3 is 15.3 Å². The van der Waals surface area contributed by atoms with Crippen LogP contribution in [0, 0.1) is 5.92 Å². The maximum Gasteiger partial charge on any atom is 0.0543 e. The molecule has 2 atom stereocenters. The van der Waals surface area contributed by atoms with E-state index in [1.165, 1.54) is 64.5 Å². The maximum atomic E-state index is 9.58. The third-order valence-corrected chi connectivity index (χ3v) is 5.83. The van der Waals surface area contributed by atoms with E-state index in [1.54, 1.807) is 0 Å². The molecule has 2 N–H and O–H groups in total. The van der Waals surface area contributed by atoms with E-state index in [9.17, 15) is 5.11 Å². The smallest absolute Gasteiger partial charge is 0.0543 e. The summed E-state index contributed by atoms with van der Waals surface area (Å²) >= 11 is 0. The Morgan fingerprint density at radius 1 is 0.900 bits per heavy atom. The van der Waals surface area contributed by atoms with Gasteiger partial charge in [-0.05, 0) is 70.5 Å². The van der Waals surface area contributed by atoms with Crippen molar-refractivity contribution in [2.75, 3.05) is 19.6 Å². The van der Waals surface area contributed by atoms with Crippen molar-refractivity contribution in [1.82, 2.24) is 10.2 Å². The second kappa shape index (κ2) is 7.24. The Hall–Kier alpha value is -0.120. The van der Waals surface area contributed by atoms with Crippen LogP contribution in [-0.2, 0) is 0 Å². The van der Waals surface area contributed by atoms with Gasteiger partial charge in [0.2, 0.25) is 0 Å². The fourth-order valence-corrected chi connectivity index (χ4v) is 4.48. The summed E-state index contributed by atoms with van der Waals surface area (Å²) in [5.41, 5.74) is 0. The van der Waals surface area contributed by atoms with Gasteiger partial charge in [-0.25, -0.2) is 0 Å². The van der Waals surface area contributed by atoms with Gasteiger partial charge in [0.15, 0.2) is 0 Å². The summed E-state index contributed by atoms with van der Waals surface area (Å²) in [5, 5.41) is 13.4. The molecule has 20 heavy (non-hydrogen) atoms. The van der Waals surface area contributed by atoms with Gasteiger partial charge in [-0.2, -0.15) is 0 Å². The number of nitrogens with one attached hydrogen (secondary N) is 1. The molecule has 2 saturated carbocycles. The topological polar surface area (TPSA) is 35.5 Å². The molecular formula is C17H32N2O. The normalized spacial score (nSPS) is 34.6. The number of aliphatic hydroxyl groups excluding tert-OH is 1. The maximum absolute atomic E-state index is 9.58. The van der Waals surface area contributed by atoms with Crippen LogP contribution >= 0.6 is 0 Å². The first-order valence-corrected chi connectivity index (χ1v) is 8.97. The lowest BCUT2D eigenvalue weighted by Gasteiger charge is -2.39. The van der Waals surface area contributed by atoms with Gasteiger partial charge in [0.1, 0.15) is 0 Å². The molecule has 3 rings (SSSR count). The van der Waals surface area contributed by atoms with Gasteiger partial charge in [0.25, 0.3) is 0 Å². The van der Waals surface area contributed by atoms with Crippen LogP contribution in [0.2, 0.25) is 0 Å². The van der Waals surface area contributed by atoms with Crippen molar-refractivity contribution in [3.05, 3.63) is 0 Å². The Morgan fingerprint density at radius 3 is 2.30 bits per heavy atom. The fourth-order valence-electron chi connectivity index (χ4n) is 4.48. The van der Waals surface area contributed by atoms with Crippen LogP contribution in [-0.4, -0.2) is 47.8 Å². The molecule has 3 aliphatic rings. The summed E-state index contributed by atoms with van der Waals surface area (Å²) in [5.74, 6) is 0.723. The average molecular weight is 280 g/mol. The molecule has 1 saturated heterocycles. The molecule has 0 aromatic carbocycles. The zero-order valence-corrected chi connectivity index (χ0v) is 12.9. The van der Waals surface area contributed by atoms with E-state index in [0.717, 1.165) is 37.4 Å². The summed E-state index contributed by atoms with van der Waals surface area (Å²) < 4.78 is 0. The highest BCUT2D eigenvalue weighted by Gasteiger charge is 2.27. The molecule has 1 aliphatic heterocycles. The minimum Gasteiger partial charge on any atom is -0.393 e. The van der Waals surface area contributed by atoms with Gasteiger partial charge in [-0.15, -0.1) is 0 Å². The lowest BCUT2D eigenvalue weighted by atomic mass is 9.92. The number of nitrogens with zero attached hydrogens (tertiary/aromatic N) is 1. The summed E-state index contributed by atoms with van der Waals surface area (Å²) in [6.07, 6.45) is 13.1. The minimum atomic E-state index is -0.0186. The van der Waals surface area contributed by atoms with Crippen LogP contribution in [0.5, 0.6) is 0 Å². The summed E-state index contributed by atoms with van der Waals surface area (Å²) in [6, 6.07) is 1.63. The van der Waals surface area contributed by atoms with Crippen molar-refractivity contribution in [2.45, 2.75) is 82.4 Å². The molecule has 2 aliphatic carbocycles. The Morgan fingerprint density at radius 2 is 1.65 bits per heavy atom. The van der Waals surface area contributed by atoms with Crippen molar-refractivity contribution < 1.29 is 5.11 Å². The van der Waals surface area contributed by atoms with Crippen LogP contribution in [0.3, 0.4) is 0 Å².